The number of aromatic nitrogens is 1. The smallest absolute Gasteiger partial charge is 0.266 e. The molecule has 1 heterocycles. The lowest BCUT2D eigenvalue weighted by atomic mass is 10.0. The van der Waals surface area contributed by atoms with Crippen LogP contribution in [0.5, 0.6) is 0 Å². The van der Waals surface area contributed by atoms with E-state index >= 15 is 0 Å². The summed E-state index contributed by atoms with van der Waals surface area (Å²) < 4.78 is 1.35. The summed E-state index contributed by atoms with van der Waals surface area (Å²) in [6, 6.07) is 23.6. The largest absolute Gasteiger partial charge is 0.289 e. The molecule has 0 aliphatic heterocycles. The molecule has 0 fully saturated rings. The van der Waals surface area contributed by atoms with Gasteiger partial charge in [-0.15, -0.1) is 0 Å². The highest BCUT2D eigenvalue weighted by molar-refractivity contribution is 7.09. The second-order valence-corrected chi connectivity index (χ2v) is 7.71. The Labute approximate surface area is 175 Å². The van der Waals surface area contributed by atoms with Gasteiger partial charge in [0, 0.05) is 27.8 Å². The lowest BCUT2D eigenvalue weighted by Gasteiger charge is -2.09. The maximum absolute atomic E-state index is 13.0. The van der Waals surface area contributed by atoms with Gasteiger partial charge in [-0.2, -0.15) is 0 Å². The minimum absolute atomic E-state index is 0.239. The van der Waals surface area contributed by atoms with Crippen LogP contribution >= 0.6 is 23.1 Å². The van der Waals surface area contributed by atoms with Crippen molar-refractivity contribution in [3.63, 3.8) is 0 Å². The molecule has 0 bridgehead atoms. The Balaban J connectivity index is 1.80. The van der Waals surface area contributed by atoms with Crippen molar-refractivity contribution in [2.24, 2.45) is 0 Å². The third kappa shape index (κ3) is 3.83. The zero-order chi connectivity index (χ0) is 20.4. The molecule has 29 heavy (non-hydrogen) atoms. The van der Waals surface area contributed by atoms with E-state index in [1.54, 1.807) is 60.7 Å². The van der Waals surface area contributed by atoms with E-state index in [0.29, 0.717) is 32.3 Å². The Kier molecular flexibility index (Phi) is 5.25. The van der Waals surface area contributed by atoms with Crippen LogP contribution in [0.3, 0.4) is 0 Å². The van der Waals surface area contributed by atoms with Gasteiger partial charge in [0.05, 0.1) is 10.6 Å². The van der Waals surface area contributed by atoms with Crippen LogP contribution in [-0.2, 0) is 0 Å². The molecule has 1 aromatic heterocycles. The zero-order valence-corrected chi connectivity index (χ0v) is 16.6. The maximum atomic E-state index is 13.0. The fourth-order valence-corrected chi connectivity index (χ4v) is 4.08. The number of carbonyl (C=O) groups is 2. The molecule has 0 unspecified atom stereocenters. The SMILES string of the molecule is O=C(c1ccccc1)c1cc(=O)n(-c2ccc(Cl)cc2C(=O)c2ccccc2)s1. The van der Waals surface area contributed by atoms with Gasteiger partial charge in [0.15, 0.2) is 5.78 Å². The highest BCUT2D eigenvalue weighted by atomic mass is 35.5. The molecular weight excluding hydrogens is 406 g/mol. The second kappa shape index (κ2) is 7.99. The Morgan fingerprint density at radius 2 is 1.34 bits per heavy atom. The average Bonchev–Trinajstić information content (AvgIpc) is 3.15. The number of hydrogen-bond donors (Lipinski definition) is 0. The number of halogens is 1. The van der Waals surface area contributed by atoms with E-state index in [4.69, 9.17) is 11.6 Å². The fraction of sp³-hybridized carbons (Fsp3) is 0. The summed E-state index contributed by atoms with van der Waals surface area (Å²) >= 11 is 7.13. The molecule has 0 aliphatic rings. The Morgan fingerprint density at radius 1 is 0.759 bits per heavy atom. The van der Waals surface area contributed by atoms with Gasteiger partial charge in [-0.05, 0) is 29.7 Å². The predicted octanol–water partition coefficient (Wildman–Crippen LogP) is 5.01. The molecule has 0 saturated carbocycles. The minimum atomic E-state index is -0.376. The van der Waals surface area contributed by atoms with Gasteiger partial charge in [-0.3, -0.25) is 14.4 Å². The van der Waals surface area contributed by atoms with E-state index in [0.717, 1.165) is 11.5 Å². The van der Waals surface area contributed by atoms with E-state index in [9.17, 15) is 14.4 Å². The van der Waals surface area contributed by atoms with Crippen LogP contribution < -0.4 is 5.56 Å². The summed E-state index contributed by atoms with van der Waals surface area (Å²) in [5.41, 5.74) is 1.30. The molecule has 0 N–H and O–H groups in total. The van der Waals surface area contributed by atoms with Crippen molar-refractivity contribution in [2.75, 3.05) is 0 Å². The standard InChI is InChI=1S/C23H14ClNO3S/c24-17-11-12-19(18(13-17)22(27)15-7-3-1-4-8-15)25-21(26)14-20(29-25)23(28)16-9-5-2-6-10-16/h1-14H. The van der Waals surface area contributed by atoms with Gasteiger partial charge >= 0.3 is 0 Å². The third-order valence-electron chi connectivity index (χ3n) is 4.36. The molecule has 3 aromatic carbocycles. The first-order chi connectivity index (χ1) is 14.0. The van der Waals surface area contributed by atoms with Crippen LogP contribution in [0.4, 0.5) is 0 Å². The van der Waals surface area contributed by atoms with Gasteiger partial charge in [0.1, 0.15) is 0 Å². The van der Waals surface area contributed by atoms with Crippen LogP contribution in [0.2, 0.25) is 5.02 Å². The van der Waals surface area contributed by atoms with E-state index < -0.39 is 0 Å². The van der Waals surface area contributed by atoms with E-state index in [1.165, 1.54) is 16.1 Å². The molecule has 142 valence electrons. The molecule has 6 heteroatoms. The van der Waals surface area contributed by atoms with Crippen molar-refractivity contribution < 1.29 is 9.59 Å². The van der Waals surface area contributed by atoms with Crippen molar-refractivity contribution >= 4 is 34.7 Å². The van der Waals surface area contributed by atoms with Crippen LogP contribution in [-0.4, -0.2) is 15.5 Å². The molecule has 0 spiro atoms. The van der Waals surface area contributed by atoms with Crippen molar-refractivity contribution in [3.05, 3.63) is 122 Å². The highest BCUT2D eigenvalue weighted by Crippen LogP contribution is 2.25. The summed E-state index contributed by atoms with van der Waals surface area (Å²) in [6.07, 6.45) is 0. The summed E-state index contributed by atoms with van der Waals surface area (Å²) in [5, 5.41) is 0.387. The van der Waals surface area contributed by atoms with Gasteiger partial charge in [-0.1, -0.05) is 72.3 Å². The quantitative estimate of drug-likeness (QED) is 0.427. The predicted molar refractivity (Wildman–Crippen MR) is 115 cm³/mol. The molecule has 0 atom stereocenters. The second-order valence-electron chi connectivity index (χ2n) is 6.28. The van der Waals surface area contributed by atoms with Crippen molar-refractivity contribution in [2.45, 2.75) is 0 Å². The maximum Gasteiger partial charge on any atom is 0.266 e. The monoisotopic (exact) mass is 419 g/mol. The topological polar surface area (TPSA) is 56.1 Å². The molecule has 0 aliphatic carbocycles. The lowest BCUT2D eigenvalue weighted by molar-refractivity contribution is 0.103. The summed E-state index contributed by atoms with van der Waals surface area (Å²) in [5.74, 6) is -0.490. The van der Waals surface area contributed by atoms with E-state index in [1.807, 2.05) is 12.1 Å². The molecule has 0 saturated heterocycles. The van der Waals surface area contributed by atoms with Crippen molar-refractivity contribution in [3.8, 4) is 5.69 Å². The number of rotatable bonds is 5. The number of hydrogen-bond acceptors (Lipinski definition) is 4. The van der Waals surface area contributed by atoms with Crippen molar-refractivity contribution in [1.82, 2.24) is 3.96 Å². The van der Waals surface area contributed by atoms with Crippen LogP contribution in [0.1, 0.15) is 31.2 Å². The molecule has 4 nitrogen and oxygen atoms in total. The molecular formula is C23H14ClNO3S. The van der Waals surface area contributed by atoms with E-state index in [-0.39, 0.29) is 17.1 Å². The number of nitrogens with zero attached hydrogens (tertiary/aromatic N) is 1. The van der Waals surface area contributed by atoms with Crippen LogP contribution in [0, 0.1) is 0 Å². The average molecular weight is 420 g/mol. The molecule has 0 radical (unpaired) electrons. The summed E-state index contributed by atoms with van der Waals surface area (Å²) in [6.45, 7) is 0. The number of ketones is 2. The zero-order valence-electron chi connectivity index (χ0n) is 15.0. The van der Waals surface area contributed by atoms with E-state index in [2.05, 4.69) is 0 Å². The van der Waals surface area contributed by atoms with Crippen LogP contribution in [0.25, 0.3) is 5.69 Å². The Hall–Kier alpha value is -3.28. The number of carbonyl (C=O) groups excluding carboxylic acids is 2. The highest BCUT2D eigenvalue weighted by Gasteiger charge is 2.20. The molecule has 4 aromatic rings. The number of benzene rings is 3. The van der Waals surface area contributed by atoms with Crippen molar-refractivity contribution in [1.29, 1.82) is 0 Å². The first kappa shape index (κ1) is 19.1. The van der Waals surface area contributed by atoms with Gasteiger partial charge in [0.2, 0.25) is 5.78 Å². The Morgan fingerprint density at radius 3 is 1.97 bits per heavy atom. The first-order valence-electron chi connectivity index (χ1n) is 8.77. The lowest BCUT2D eigenvalue weighted by Crippen LogP contribution is -2.14. The van der Waals surface area contributed by atoms with Crippen LogP contribution in [0.15, 0.2) is 89.7 Å². The van der Waals surface area contributed by atoms with Gasteiger partial charge in [-0.25, -0.2) is 3.96 Å². The minimum Gasteiger partial charge on any atom is -0.289 e. The van der Waals surface area contributed by atoms with Gasteiger partial charge in [0.25, 0.3) is 5.56 Å². The fourth-order valence-electron chi connectivity index (χ4n) is 2.96. The molecule has 4 rings (SSSR count). The Bertz CT molecular complexity index is 1260. The normalized spacial score (nSPS) is 10.7. The van der Waals surface area contributed by atoms with Gasteiger partial charge < -0.3 is 0 Å². The first-order valence-corrected chi connectivity index (χ1v) is 9.92. The summed E-state index contributed by atoms with van der Waals surface area (Å²) in [7, 11) is 0. The third-order valence-corrected chi connectivity index (χ3v) is 5.66. The molecule has 0 amide bonds. The summed E-state index contributed by atoms with van der Waals surface area (Å²) in [4.78, 5) is 38.7.